The normalized spacial score (nSPS) is 12.6. The van der Waals surface area contributed by atoms with E-state index in [1.807, 2.05) is 7.05 Å². The number of rotatable bonds is 4. The molecule has 0 aliphatic carbocycles. The molecule has 0 saturated heterocycles. The maximum Gasteiger partial charge on any atom is 0.0466 e. The van der Waals surface area contributed by atoms with E-state index in [9.17, 15) is 0 Å². The van der Waals surface area contributed by atoms with Gasteiger partial charge in [0.15, 0.2) is 0 Å². The molecule has 0 unspecified atom stereocenters. The average molecular weight is 262 g/mol. The van der Waals surface area contributed by atoms with E-state index in [1.54, 1.807) is 0 Å². The van der Waals surface area contributed by atoms with E-state index in [1.165, 1.54) is 16.8 Å². The van der Waals surface area contributed by atoms with Gasteiger partial charge in [0.1, 0.15) is 0 Å². The Morgan fingerprint density at radius 1 is 1.11 bits per heavy atom. The number of likely N-dealkylation sites (N-methyl/N-ethyl adjacent to an activating group) is 2. The molecular weight excluding hydrogens is 232 g/mol. The van der Waals surface area contributed by atoms with Crippen molar-refractivity contribution in [3.8, 4) is 0 Å². The van der Waals surface area contributed by atoms with Crippen LogP contribution in [-0.2, 0) is 5.41 Å². The summed E-state index contributed by atoms with van der Waals surface area (Å²) in [6.07, 6.45) is 0. The second-order valence-corrected chi connectivity index (χ2v) is 7.15. The molecule has 0 fully saturated rings. The predicted octanol–water partition coefficient (Wildman–Crippen LogP) is 3.73. The molecule has 0 aliphatic rings. The molecule has 2 heteroatoms. The smallest absolute Gasteiger partial charge is 0.0466 e. The molecule has 0 aliphatic heterocycles. The second-order valence-electron chi connectivity index (χ2n) is 7.15. The Balaban J connectivity index is 3.19. The lowest BCUT2D eigenvalue weighted by molar-refractivity contribution is 0.462. The van der Waals surface area contributed by atoms with Crippen LogP contribution in [-0.4, -0.2) is 26.2 Å². The molecule has 0 bridgehead atoms. The molecule has 0 aromatic heterocycles. The summed E-state index contributed by atoms with van der Waals surface area (Å²) >= 11 is 0. The first kappa shape index (κ1) is 16.0. The number of hydrogen-bond acceptors (Lipinski definition) is 2. The molecule has 0 radical (unpaired) electrons. The lowest BCUT2D eigenvalue weighted by Gasteiger charge is -2.39. The van der Waals surface area contributed by atoms with Gasteiger partial charge in [0.05, 0.1) is 0 Å². The van der Waals surface area contributed by atoms with Crippen molar-refractivity contribution in [2.75, 3.05) is 25.5 Å². The summed E-state index contributed by atoms with van der Waals surface area (Å²) in [5.41, 5.74) is 4.33. The Morgan fingerprint density at radius 3 is 2.16 bits per heavy atom. The third-order valence-electron chi connectivity index (χ3n) is 3.95. The first-order valence-electron chi connectivity index (χ1n) is 7.09. The molecule has 1 N–H and O–H groups in total. The summed E-state index contributed by atoms with van der Waals surface area (Å²) in [5.74, 6) is 0. The summed E-state index contributed by atoms with van der Waals surface area (Å²) in [7, 11) is 4.19. The van der Waals surface area contributed by atoms with E-state index in [-0.39, 0.29) is 11.0 Å². The van der Waals surface area contributed by atoms with Crippen LogP contribution in [0.2, 0.25) is 0 Å². The van der Waals surface area contributed by atoms with E-state index in [2.05, 4.69) is 77.0 Å². The Morgan fingerprint density at radius 2 is 1.68 bits per heavy atom. The van der Waals surface area contributed by atoms with Crippen molar-refractivity contribution in [2.45, 2.75) is 52.5 Å². The van der Waals surface area contributed by atoms with Crippen LogP contribution in [0.4, 0.5) is 5.69 Å². The fourth-order valence-electron chi connectivity index (χ4n) is 2.31. The largest absolute Gasteiger partial charge is 0.368 e. The summed E-state index contributed by atoms with van der Waals surface area (Å²) < 4.78 is 0. The average Bonchev–Trinajstić information content (AvgIpc) is 2.27. The maximum absolute atomic E-state index is 3.28. The zero-order valence-corrected chi connectivity index (χ0v) is 13.9. The molecule has 0 atom stereocenters. The molecule has 1 aromatic carbocycles. The van der Waals surface area contributed by atoms with Gasteiger partial charge in [-0.05, 0) is 50.4 Å². The highest BCUT2D eigenvalue weighted by molar-refractivity contribution is 5.57. The van der Waals surface area contributed by atoms with Crippen molar-refractivity contribution < 1.29 is 0 Å². The van der Waals surface area contributed by atoms with Crippen LogP contribution in [0, 0.1) is 6.92 Å². The van der Waals surface area contributed by atoms with Crippen LogP contribution in [0.1, 0.15) is 45.7 Å². The fourth-order valence-corrected chi connectivity index (χ4v) is 2.31. The second kappa shape index (κ2) is 5.54. The van der Waals surface area contributed by atoms with Gasteiger partial charge in [-0.15, -0.1) is 0 Å². The van der Waals surface area contributed by atoms with E-state index in [0.717, 1.165) is 6.54 Å². The van der Waals surface area contributed by atoms with E-state index in [4.69, 9.17) is 0 Å². The standard InChI is InChI=1S/C17H30N2/c1-13-9-10-14(16(2,3)4)11-15(13)19(8)17(5,6)12-18-7/h9-11,18H,12H2,1-8H3. The molecule has 0 heterocycles. The molecule has 1 aromatic rings. The highest BCUT2D eigenvalue weighted by Crippen LogP contribution is 2.31. The van der Waals surface area contributed by atoms with Gasteiger partial charge in [-0.2, -0.15) is 0 Å². The molecule has 1 rings (SSSR count). The SMILES string of the molecule is CNCC(C)(C)N(C)c1cc(C(C)(C)C)ccc1C. The molecule has 2 nitrogen and oxygen atoms in total. The van der Waals surface area contributed by atoms with Crippen molar-refractivity contribution in [1.29, 1.82) is 0 Å². The maximum atomic E-state index is 3.28. The topological polar surface area (TPSA) is 15.3 Å². The quantitative estimate of drug-likeness (QED) is 0.889. The minimum Gasteiger partial charge on any atom is -0.368 e. The first-order valence-corrected chi connectivity index (χ1v) is 7.09. The van der Waals surface area contributed by atoms with E-state index in [0.29, 0.717) is 0 Å². The zero-order valence-electron chi connectivity index (χ0n) is 13.9. The van der Waals surface area contributed by atoms with Crippen molar-refractivity contribution in [3.63, 3.8) is 0 Å². The molecule has 0 saturated carbocycles. The van der Waals surface area contributed by atoms with Crippen LogP contribution in [0.15, 0.2) is 18.2 Å². The summed E-state index contributed by atoms with van der Waals surface area (Å²) in [6, 6.07) is 6.83. The third kappa shape index (κ3) is 3.73. The van der Waals surface area contributed by atoms with Crippen LogP contribution in [0.5, 0.6) is 0 Å². The van der Waals surface area contributed by atoms with Gasteiger partial charge >= 0.3 is 0 Å². The van der Waals surface area contributed by atoms with Crippen LogP contribution in [0.3, 0.4) is 0 Å². The van der Waals surface area contributed by atoms with Crippen molar-refractivity contribution in [2.24, 2.45) is 0 Å². The minimum atomic E-state index is 0.0933. The fraction of sp³-hybridized carbons (Fsp3) is 0.647. The van der Waals surface area contributed by atoms with Crippen molar-refractivity contribution >= 4 is 5.69 Å². The number of nitrogens with one attached hydrogen (secondary N) is 1. The summed E-state index contributed by atoms with van der Waals surface area (Å²) in [6.45, 7) is 14.5. The van der Waals surface area contributed by atoms with Crippen LogP contribution in [0.25, 0.3) is 0 Å². The predicted molar refractivity (Wildman–Crippen MR) is 86.3 cm³/mol. The molecule has 0 spiro atoms. The van der Waals surface area contributed by atoms with E-state index < -0.39 is 0 Å². The molecule has 0 amide bonds. The zero-order chi connectivity index (χ0) is 14.8. The number of anilines is 1. The highest BCUT2D eigenvalue weighted by Gasteiger charge is 2.25. The lowest BCUT2D eigenvalue weighted by Crippen LogP contribution is -2.48. The minimum absolute atomic E-state index is 0.0933. The van der Waals surface area contributed by atoms with Crippen molar-refractivity contribution in [1.82, 2.24) is 5.32 Å². The molecule has 108 valence electrons. The Kier molecular flexibility index (Phi) is 4.67. The Labute approximate surface area is 119 Å². The number of nitrogens with zero attached hydrogens (tertiary/aromatic N) is 1. The lowest BCUT2D eigenvalue weighted by atomic mass is 9.85. The van der Waals surface area contributed by atoms with Gasteiger partial charge in [-0.25, -0.2) is 0 Å². The van der Waals surface area contributed by atoms with E-state index >= 15 is 0 Å². The van der Waals surface area contributed by atoms with Crippen molar-refractivity contribution in [3.05, 3.63) is 29.3 Å². The Bertz CT molecular complexity index is 427. The highest BCUT2D eigenvalue weighted by atomic mass is 15.2. The number of hydrogen-bond donors (Lipinski definition) is 1. The van der Waals surface area contributed by atoms with Gasteiger partial charge in [0.2, 0.25) is 0 Å². The molecular formula is C17H30N2. The summed E-state index contributed by atoms with van der Waals surface area (Å²) in [5, 5.41) is 3.28. The van der Waals surface area contributed by atoms with Gasteiger partial charge in [0.25, 0.3) is 0 Å². The Hall–Kier alpha value is -1.02. The monoisotopic (exact) mass is 262 g/mol. The van der Waals surface area contributed by atoms with Gasteiger partial charge in [0, 0.05) is 24.8 Å². The molecule has 19 heavy (non-hydrogen) atoms. The summed E-state index contributed by atoms with van der Waals surface area (Å²) in [4.78, 5) is 2.38. The van der Waals surface area contributed by atoms with Crippen LogP contribution < -0.4 is 10.2 Å². The first-order chi connectivity index (χ1) is 8.59. The number of aryl methyl sites for hydroxylation is 1. The van der Waals surface area contributed by atoms with Crippen LogP contribution >= 0.6 is 0 Å². The van der Waals surface area contributed by atoms with Gasteiger partial charge in [-0.3, -0.25) is 0 Å². The number of benzene rings is 1. The van der Waals surface area contributed by atoms with Gasteiger partial charge < -0.3 is 10.2 Å². The third-order valence-corrected chi connectivity index (χ3v) is 3.95. The van der Waals surface area contributed by atoms with Gasteiger partial charge in [-0.1, -0.05) is 32.9 Å².